The summed E-state index contributed by atoms with van der Waals surface area (Å²) >= 11 is 1.26. The predicted octanol–water partition coefficient (Wildman–Crippen LogP) is 5.66. The standard InChI is InChI=1S/C28H28N2O5S/c1-3-4-5-12-34-21-8-6-7-18(16-21)24-23(26(32)27(33)30(24)28-29-11-13-36-28)25(31)19-9-10-22-20(15-19)14-17(2)35-22/h6-11,13,15-17,24,31H,3-5,12,14H2,1-2H3/t17-,24+/m1/s1. The molecule has 1 amide bonds. The zero-order chi connectivity index (χ0) is 25.2. The number of unbranched alkanes of at least 4 members (excludes halogenated alkanes) is 2. The number of aromatic nitrogens is 1. The SMILES string of the molecule is CCCCCOc1cccc([C@H]2C(=C(O)c3ccc4c(c3)C[C@@H](C)O4)C(=O)C(=O)N2c2nccs2)c1. The second-order valence-corrected chi connectivity index (χ2v) is 9.94. The van der Waals surface area contributed by atoms with Crippen LogP contribution < -0.4 is 14.4 Å². The summed E-state index contributed by atoms with van der Waals surface area (Å²) in [6, 6.07) is 11.9. The smallest absolute Gasteiger partial charge is 0.301 e. The third kappa shape index (κ3) is 4.48. The molecule has 1 N–H and O–H groups in total. The summed E-state index contributed by atoms with van der Waals surface area (Å²) in [7, 11) is 0. The number of benzene rings is 2. The zero-order valence-corrected chi connectivity index (χ0v) is 21.1. The average molecular weight is 505 g/mol. The molecule has 8 heteroatoms. The quantitative estimate of drug-likeness (QED) is 0.184. The van der Waals surface area contributed by atoms with Gasteiger partial charge in [-0.05, 0) is 54.8 Å². The predicted molar refractivity (Wildman–Crippen MR) is 139 cm³/mol. The molecule has 1 aromatic heterocycles. The van der Waals surface area contributed by atoms with Crippen molar-refractivity contribution in [2.24, 2.45) is 0 Å². The van der Waals surface area contributed by atoms with E-state index >= 15 is 0 Å². The molecule has 3 heterocycles. The third-order valence-corrected chi connectivity index (χ3v) is 7.20. The molecule has 36 heavy (non-hydrogen) atoms. The van der Waals surface area contributed by atoms with Crippen molar-refractivity contribution in [1.29, 1.82) is 0 Å². The number of nitrogens with zero attached hydrogens (tertiary/aromatic N) is 2. The fourth-order valence-electron chi connectivity index (χ4n) is 4.72. The Kier molecular flexibility index (Phi) is 6.78. The highest BCUT2D eigenvalue weighted by Gasteiger charge is 2.48. The van der Waals surface area contributed by atoms with Gasteiger partial charge in [-0.1, -0.05) is 31.9 Å². The number of hydrogen-bond acceptors (Lipinski definition) is 7. The van der Waals surface area contributed by atoms with E-state index in [-0.39, 0.29) is 17.4 Å². The number of ketones is 1. The molecule has 2 aliphatic rings. The number of aliphatic hydroxyl groups is 1. The zero-order valence-electron chi connectivity index (χ0n) is 20.3. The number of amides is 1. The Hall–Kier alpha value is -3.65. The normalized spacial score (nSPS) is 20.4. The van der Waals surface area contributed by atoms with Gasteiger partial charge in [-0.15, -0.1) is 11.3 Å². The summed E-state index contributed by atoms with van der Waals surface area (Å²) < 4.78 is 11.7. The van der Waals surface area contributed by atoms with Gasteiger partial charge >= 0.3 is 5.91 Å². The summed E-state index contributed by atoms with van der Waals surface area (Å²) in [5.74, 6) is -0.256. The molecule has 186 valence electrons. The van der Waals surface area contributed by atoms with Crippen LogP contribution in [0.4, 0.5) is 5.13 Å². The number of aliphatic hydroxyl groups excluding tert-OH is 1. The van der Waals surface area contributed by atoms with E-state index in [0.717, 1.165) is 30.6 Å². The molecule has 0 spiro atoms. The largest absolute Gasteiger partial charge is 0.507 e. The maximum atomic E-state index is 13.3. The van der Waals surface area contributed by atoms with Gasteiger partial charge in [-0.25, -0.2) is 4.98 Å². The van der Waals surface area contributed by atoms with Gasteiger partial charge in [0.25, 0.3) is 5.78 Å². The van der Waals surface area contributed by atoms with Gasteiger partial charge in [0.2, 0.25) is 0 Å². The minimum Gasteiger partial charge on any atom is -0.507 e. The Bertz CT molecular complexity index is 1320. The summed E-state index contributed by atoms with van der Waals surface area (Å²) in [5, 5.41) is 13.6. The Balaban J connectivity index is 1.58. The Labute approximate surface area is 214 Å². The molecule has 1 fully saturated rings. The Morgan fingerprint density at radius 2 is 2.08 bits per heavy atom. The summed E-state index contributed by atoms with van der Waals surface area (Å²) in [6.45, 7) is 4.70. The molecule has 7 nitrogen and oxygen atoms in total. The maximum Gasteiger partial charge on any atom is 0.301 e. The molecule has 0 radical (unpaired) electrons. The van der Waals surface area contributed by atoms with E-state index in [2.05, 4.69) is 11.9 Å². The maximum absolute atomic E-state index is 13.3. The van der Waals surface area contributed by atoms with Crippen LogP contribution in [-0.2, 0) is 16.0 Å². The molecule has 1 saturated heterocycles. The summed E-state index contributed by atoms with van der Waals surface area (Å²) in [5.41, 5.74) is 2.13. The molecule has 2 aromatic carbocycles. The van der Waals surface area contributed by atoms with Gasteiger partial charge in [0.05, 0.1) is 18.2 Å². The number of carbonyl (C=O) groups is 2. The number of ether oxygens (including phenoxy) is 2. The first kappa shape index (κ1) is 24.1. The average Bonchev–Trinajstić information content (AvgIpc) is 3.59. The van der Waals surface area contributed by atoms with E-state index in [9.17, 15) is 14.7 Å². The van der Waals surface area contributed by atoms with E-state index in [1.165, 1.54) is 16.2 Å². The molecule has 0 bridgehead atoms. The molecule has 0 saturated carbocycles. The number of rotatable bonds is 8. The van der Waals surface area contributed by atoms with Gasteiger partial charge in [-0.2, -0.15) is 0 Å². The summed E-state index contributed by atoms with van der Waals surface area (Å²) in [4.78, 5) is 32.2. The van der Waals surface area contributed by atoms with E-state index < -0.39 is 17.7 Å². The molecular weight excluding hydrogens is 476 g/mol. The number of Topliss-reactive ketones (excluding diaryl/α,β-unsaturated/α-hetero) is 1. The van der Waals surface area contributed by atoms with Gasteiger partial charge in [-0.3, -0.25) is 14.5 Å². The third-order valence-electron chi connectivity index (χ3n) is 6.43. The van der Waals surface area contributed by atoms with Crippen molar-refractivity contribution in [3.63, 3.8) is 0 Å². The number of carbonyl (C=O) groups excluding carboxylic acids is 2. The lowest BCUT2D eigenvalue weighted by molar-refractivity contribution is -0.132. The van der Waals surface area contributed by atoms with Crippen molar-refractivity contribution in [3.8, 4) is 11.5 Å². The molecule has 0 unspecified atom stereocenters. The van der Waals surface area contributed by atoms with Gasteiger partial charge in [0.15, 0.2) is 5.13 Å². The second kappa shape index (κ2) is 10.1. The van der Waals surface area contributed by atoms with Crippen LogP contribution in [0, 0.1) is 0 Å². The number of hydrogen-bond donors (Lipinski definition) is 1. The van der Waals surface area contributed by atoms with Gasteiger partial charge in [0.1, 0.15) is 23.4 Å². The molecule has 3 aromatic rings. The molecular formula is C28H28N2O5S. The minimum atomic E-state index is -0.834. The fraction of sp³-hybridized carbons (Fsp3) is 0.321. The van der Waals surface area contributed by atoms with Crippen LogP contribution in [0.3, 0.4) is 0 Å². The molecule has 5 rings (SSSR count). The number of anilines is 1. The van der Waals surface area contributed by atoms with Crippen LogP contribution in [-0.4, -0.2) is 34.5 Å². The first-order valence-electron chi connectivity index (χ1n) is 12.2. The van der Waals surface area contributed by atoms with Crippen molar-refractivity contribution < 1.29 is 24.2 Å². The molecule has 2 aliphatic heterocycles. The lowest BCUT2D eigenvalue weighted by Gasteiger charge is -2.23. The first-order valence-corrected chi connectivity index (χ1v) is 13.1. The van der Waals surface area contributed by atoms with Crippen molar-refractivity contribution in [3.05, 3.63) is 76.3 Å². The highest BCUT2D eigenvalue weighted by Crippen LogP contribution is 2.44. The lowest BCUT2D eigenvalue weighted by atomic mass is 9.94. The topological polar surface area (TPSA) is 89.0 Å². The van der Waals surface area contributed by atoms with E-state index in [0.29, 0.717) is 35.0 Å². The van der Waals surface area contributed by atoms with E-state index in [1.54, 1.807) is 23.7 Å². The van der Waals surface area contributed by atoms with Gasteiger partial charge < -0.3 is 14.6 Å². The van der Waals surface area contributed by atoms with Crippen LogP contribution >= 0.6 is 11.3 Å². The molecule has 0 aliphatic carbocycles. The Morgan fingerprint density at radius 3 is 2.86 bits per heavy atom. The van der Waals surface area contributed by atoms with Crippen molar-refractivity contribution in [2.75, 3.05) is 11.5 Å². The van der Waals surface area contributed by atoms with Crippen LogP contribution in [0.25, 0.3) is 5.76 Å². The Morgan fingerprint density at radius 1 is 1.22 bits per heavy atom. The summed E-state index contributed by atoms with van der Waals surface area (Å²) in [6.07, 6.45) is 5.47. The highest BCUT2D eigenvalue weighted by atomic mass is 32.1. The number of thiazole rings is 1. The van der Waals surface area contributed by atoms with Gasteiger partial charge in [0, 0.05) is 23.6 Å². The van der Waals surface area contributed by atoms with Crippen LogP contribution in [0.15, 0.2) is 59.6 Å². The van der Waals surface area contributed by atoms with Crippen LogP contribution in [0.5, 0.6) is 11.5 Å². The minimum absolute atomic E-state index is 0.0326. The van der Waals surface area contributed by atoms with Crippen LogP contribution in [0.2, 0.25) is 0 Å². The van der Waals surface area contributed by atoms with Crippen molar-refractivity contribution >= 4 is 33.9 Å². The van der Waals surface area contributed by atoms with Crippen molar-refractivity contribution in [2.45, 2.75) is 51.7 Å². The first-order chi connectivity index (χ1) is 17.5. The lowest BCUT2D eigenvalue weighted by Crippen LogP contribution is -2.29. The van der Waals surface area contributed by atoms with Crippen LogP contribution in [0.1, 0.15) is 55.8 Å². The second-order valence-electron chi connectivity index (χ2n) is 9.07. The van der Waals surface area contributed by atoms with E-state index in [1.807, 2.05) is 37.3 Å². The van der Waals surface area contributed by atoms with Crippen molar-refractivity contribution in [1.82, 2.24) is 4.98 Å². The fourth-order valence-corrected chi connectivity index (χ4v) is 5.39. The number of fused-ring (bicyclic) bond motifs is 1. The highest BCUT2D eigenvalue weighted by molar-refractivity contribution is 7.14. The van der Waals surface area contributed by atoms with E-state index in [4.69, 9.17) is 9.47 Å². The monoisotopic (exact) mass is 504 g/mol. The molecule has 2 atom stereocenters.